The maximum absolute atomic E-state index is 12.3. The number of carboxylic acids is 1. The van der Waals surface area contributed by atoms with E-state index in [1.54, 1.807) is 4.90 Å². The summed E-state index contributed by atoms with van der Waals surface area (Å²) in [5, 5.41) is 14.0. The SMILES string of the molecule is CCCCC(=O)O.O=C(NCC(=O)N1CCNCC1)c1cc(Cl)nc(-c2ccccc2)n1. The van der Waals surface area contributed by atoms with Crippen molar-refractivity contribution >= 4 is 29.4 Å². The lowest BCUT2D eigenvalue weighted by atomic mass is 10.2. The van der Waals surface area contributed by atoms with Gasteiger partial charge in [-0.05, 0) is 6.42 Å². The number of piperazine rings is 1. The molecule has 3 N–H and O–H groups in total. The lowest BCUT2D eigenvalue weighted by Gasteiger charge is -2.27. The first-order valence-corrected chi connectivity index (χ1v) is 10.9. The number of unbranched alkanes of at least 4 members (excludes halogenated alkanes) is 1. The lowest BCUT2D eigenvalue weighted by molar-refractivity contribution is -0.137. The molecule has 1 aromatic carbocycles. The Morgan fingerprint density at radius 1 is 1.16 bits per heavy atom. The second kappa shape index (κ2) is 13.4. The van der Waals surface area contributed by atoms with Gasteiger partial charge in [-0.15, -0.1) is 0 Å². The van der Waals surface area contributed by atoms with Gasteiger partial charge < -0.3 is 20.6 Å². The summed E-state index contributed by atoms with van der Waals surface area (Å²) in [5.41, 5.74) is 0.892. The first-order valence-electron chi connectivity index (χ1n) is 10.5. The van der Waals surface area contributed by atoms with Crippen LogP contribution in [0.2, 0.25) is 5.15 Å². The second-order valence-corrected chi connectivity index (χ2v) is 7.46. The number of aromatic nitrogens is 2. The minimum absolute atomic E-state index is 0.0683. The molecule has 0 unspecified atom stereocenters. The van der Waals surface area contributed by atoms with Gasteiger partial charge in [0.1, 0.15) is 10.8 Å². The summed E-state index contributed by atoms with van der Waals surface area (Å²) in [6, 6.07) is 10.6. The average Bonchev–Trinajstić information content (AvgIpc) is 2.82. The number of carbonyl (C=O) groups is 3. The van der Waals surface area contributed by atoms with Crippen molar-refractivity contribution in [2.75, 3.05) is 32.7 Å². The number of carboxylic acid groups (broad SMARTS) is 1. The number of rotatable bonds is 7. The van der Waals surface area contributed by atoms with E-state index in [9.17, 15) is 14.4 Å². The fourth-order valence-corrected chi connectivity index (χ4v) is 3.03. The number of benzene rings is 1. The summed E-state index contributed by atoms with van der Waals surface area (Å²) in [4.78, 5) is 44.3. The van der Waals surface area contributed by atoms with Crippen molar-refractivity contribution < 1.29 is 19.5 Å². The Morgan fingerprint density at radius 3 is 2.44 bits per heavy atom. The van der Waals surface area contributed by atoms with E-state index in [4.69, 9.17) is 16.7 Å². The summed E-state index contributed by atoms with van der Waals surface area (Å²) < 4.78 is 0. The lowest BCUT2D eigenvalue weighted by Crippen LogP contribution is -2.49. The van der Waals surface area contributed by atoms with Gasteiger partial charge in [0.25, 0.3) is 5.91 Å². The van der Waals surface area contributed by atoms with Crippen LogP contribution in [0.1, 0.15) is 36.7 Å². The quantitative estimate of drug-likeness (QED) is 0.540. The highest BCUT2D eigenvalue weighted by Crippen LogP contribution is 2.17. The van der Waals surface area contributed by atoms with Gasteiger partial charge in [-0.2, -0.15) is 0 Å². The molecule has 2 heterocycles. The fourth-order valence-electron chi connectivity index (χ4n) is 2.85. The van der Waals surface area contributed by atoms with E-state index < -0.39 is 11.9 Å². The van der Waals surface area contributed by atoms with Crippen molar-refractivity contribution in [1.82, 2.24) is 25.5 Å². The number of nitrogens with zero attached hydrogens (tertiary/aromatic N) is 3. The fraction of sp³-hybridized carbons (Fsp3) is 0.409. The smallest absolute Gasteiger partial charge is 0.303 e. The molecule has 0 aliphatic carbocycles. The predicted octanol–water partition coefficient (Wildman–Crippen LogP) is 2.22. The van der Waals surface area contributed by atoms with Crippen molar-refractivity contribution in [3.8, 4) is 11.4 Å². The highest BCUT2D eigenvalue weighted by atomic mass is 35.5. The molecule has 1 aliphatic rings. The molecule has 2 amide bonds. The Hall–Kier alpha value is -3.04. The maximum atomic E-state index is 12.3. The van der Waals surface area contributed by atoms with Crippen molar-refractivity contribution in [3.05, 3.63) is 47.2 Å². The number of amides is 2. The first kappa shape index (κ1) is 25.2. The minimum atomic E-state index is -0.693. The third-order valence-corrected chi connectivity index (χ3v) is 4.77. The predicted molar refractivity (Wildman–Crippen MR) is 121 cm³/mol. The van der Waals surface area contributed by atoms with Gasteiger partial charge in [0.2, 0.25) is 5.91 Å². The van der Waals surface area contributed by atoms with E-state index in [-0.39, 0.29) is 23.3 Å². The molecule has 32 heavy (non-hydrogen) atoms. The van der Waals surface area contributed by atoms with Gasteiger partial charge in [-0.25, -0.2) is 9.97 Å². The third kappa shape index (κ3) is 8.60. The summed E-state index contributed by atoms with van der Waals surface area (Å²) in [5.74, 6) is -0.892. The van der Waals surface area contributed by atoms with E-state index in [2.05, 4.69) is 20.6 Å². The van der Waals surface area contributed by atoms with Crippen LogP contribution in [0, 0.1) is 0 Å². The zero-order chi connectivity index (χ0) is 23.3. The van der Waals surface area contributed by atoms with E-state index in [1.165, 1.54) is 6.07 Å². The second-order valence-electron chi connectivity index (χ2n) is 7.08. The van der Waals surface area contributed by atoms with Crippen LogP contribution in [0.4, 0.5) is 0 Å². The number of nitrogens with one attached hydrogen (secondary N) is 2. The molecule has 1 fully saturated rings. The van der Waals surface area contributed by atoms with Gasteiger partial charge in [-0.1, -0.05) is 55.3 Å². The van der Waals surface area contributed by atoms with Crippen molar-refractivity contribution in [1.29, 1.82) is 0 Å². The molecule has 10 heteroatoms. The Labute approximate surface area is 192 Å². The normalized spacial score (nSPS) is 13.0. The number of carbonyl (C=O) groups excluding carboxylic acids is 2. The zero-order valence-corrected chi connectivity index (χ0v) is 18.8. The molecule has 2 aromatic rings. The largest absolute Gasteiger partial charge is 0.481 e. The van der Waals surface area contributed by atoms with E-state index in [0.29, 0.717) is 25.3 Å². The molecule has 0 radical (unpaired) electrons. The molecule has 0 saturated carbocycles. The number of aliphatic carboxylic acids is 1. The van der Waals surface area contributed by atoms with Gasteiger partial charge in [0.15, 0.2) is 5.82 Å². The van der Waals surface area contributed by atoms with Crippen LogP contribution in [0.5, 0.6) is 0 Å². The van der Waals surface area contributed by atoms with E-state index >= 15 is 0 Å². The van der Waals surface area contributed by atoms with Crippen LogP contribution in [0.15, 0.2) is 36.4 Å². The van der Waals surface area contributed by atoms with Crippen LogP contribution in [0.25, 0.3) is 11.4 Å². The molecule has 9 nitrogen and oxygen atoms in total. The van der Waals surface area contributed by atoms with Crippen molar-refractivity contribution in [2.24, 2.45) is 0 Å². The standard InChI is InChI=1S/C17H18ClN5O2.C5H10O2/c18-14-10-13(21-16(22-14)12-4-2-1-3-5-12)17(25)20-11-15(24)23-8-6-19-7-9-23;1-2-3-4-5(6)7/h1-5,10,19H,6-9,11H2,(H,20,25);2-4H2,1H3,(H,6,7). The van der Waals surface area contributed by atoms with Gasteiger partial charge in [0.05, 0.1) is 6.54 Å². The molecule has 0 bridgehead atoms. The maximum Gasteiger partial charge on any atom is 0.303 e. The molecule has 0 atom stereocenters. The zero-order valence-electron chi connectivity index (χ0n) is 18.0. The molecule has 0 spiro atoms. The summed E-state index contributed by atoms with van der Waals surface area (Å²) in [6.45, 7) is 4.73. The summed E-state index contributed by atoms with van der Waals surface area (Å²) in [7, 11) is 0. The molecule has 3 rings (SSSR count). The van der Waals surface area contributed by atoms with Crippen molar-refractivity contribution in [3.63, 3.8) is 0 Å². The van der Waals surface area contributed by atoms with Gasteiger partial charge >= 0.3 is 5.97 Å². The molecular formula is C22H28ClN5O4. The van der Waals surface area contributed by atoms with Crippen LogP contribution in [-0.2, 0) is 9.59 Å². The summed E-state index contributed by atoms with van der Waals surface area (Å²) >= 11 is 6.02. The minimum Gasteiger partial charge on any atom is -0.481 e. The van der Waals surface area contributed by atoms with Crippen LogP contribution in [-0.4, -0.2) is 70.5 Å². The molecule has 1 aliphatic heterocycles. The van der Waals surface area contributed by atoms with Gasteiger partial charge in [0, 0.05) is 44.2 Å². The average molecular weight is 462 g/mol. The van der Waals surface area contributed by atoms with E-state index in [1.807, 2.05) is 37.3 Å². The summed E-state index contributed by atoms with van der Waals surface area (Å²) in [6.07, 6.45) is 2.08. The van der Waals surface area contributed by atoms with E-state index in [0.717, 1.165) is 31.5 Å². The van der Waals surface area contributed by atoms with Crippen molar-refractivity contribution in [2.45, 2.75) is 26.2 Å². The molecule has 1 saturated heterocycles. The first-order chi connectivity index (χ1) is 15.4. The molecular weight excluding hydrogens is 434 g/mol. The topological polar surface area (TPSA) is 125 Å². The van der Waals surface area contributed by atoms with Crippen LogP contribution in [0.3, 0.4) is 0 Å². The Morgan fingerprint density at radius 2 is 1.84 bits per heavy atom. The number of halogens is 1. The highest BCUT2D eigenvalue weighted by molar-refractivity contribution is 6.29. The molecule has 172 valence electrons. The Balaban J connectivity index is 0.000000451. The van der Waals surface area contributed by atoms with Crippen LogP contribution >= 0.6 is 11.6 Å². The van der Waals surface area contributed by atoms with Gasteiger partial charge in [-0.3, -0.25) is 14.4 Å². The van der Waals surface area contributed by atoms with Crippen LogP contribution < -0.4 is 10.6 Å². The highest BCUT2D eigenvalue weighted by Gasteiger charge is 2.18. The molecule has 1 aromatic heterocycles. The third-order valence-electron chi connectivity index (χ3n) is 4.57. The monoisotopic (exact) mass is 461 g/mol. The number of hydrogen-bond acceptors (Lipinski definition) is 6. The Kier molecular flexibility index (Phi) is 10.6. The Bertz CT molecular complexity index is 904. The number of hydrogen-bond donors (Lipinski definition) is 3.